The third kappa shape index (κ3) is 4.87. The predicted octanol–water partition coefficient (Wildman–Crippen LogP) is 4.38. The first-order valence-corrected chi connectivity index (χ1v) is 7.80. The van der Waals surface area contributed by atoms with Gasteiger partial charge < -0.3 is 10.1 Å². The maximum atomic E-state index is 11.9. The molecule has 3 nitrogen and oxygen atoms in total. The first-order chi connectivity index (χ1) is 9.78. The van der Waals surface area contributed by atoms with Gasteiger partial charge in [-0.2, -0.15) is 0 Å². The van der Waals surface area contributed by atoms with Crippen molar-refractivity contribution in [2.24, 2.45) is 5.92 Å². The number of carbonyl (C=O) groups is 1. The first-order valence-electron chi connectivity index (χ1n) is 7.80. The number of ether oxygens (including phenoxy) is 1. The van der Waals surface area contributed by atoms with Crippen molar-refractivity contribution in [3.63, 3.8) is 0 Å². The van der Waals surface area contributed by atoms with Gasteiger partial charge in [-0.25, -0.2) is 0 Å². The molecule has 0 heterocycles. The second-order valence-corrected chi connectivity index (χ2v) is 5.55. The average Bonchev–Trinajstić information content (AvgIpc) is 2.49. The molecule has 0 aliphatic heterocycles. The summed E-state index contributed by atoms with van der Waals surface area (Å²) in [5, 5.41) is 2.96. The summed E-state index contributed by atoms with van der Waals surface area (Å²) >= 11 is 0. The minimum atomic E-state index is 0.125. The van der Waals surface area contributed by atoms with Crippen molar-refractivity contribution in [1.29, 1.82) is 0 Å². The Morgan fingerprint density at radius 1 is 1.20 bits per heavy atom. The predicted molar refractivity (Wildman–Crippen MR) is 82.0 cm³/mol. The highest BCUT2D eigenvalue weighted by Crippen LogP contribution is 2.27. The van der Waals surface area contributed by atoms with E-state index in [-0.39, 0.29) is 5.91 Å². The van der Waals surface area contributed by atoms with Crippen LogP contribution < -0.4 is 10.1 Å². The van der Waals surface area contributed by atoms with Crippen LogP contribution in [-0.2, 0) is 4.79 Å². The zero-order valence-corrected chi connectivity index (χ0v) is 12.4. The van der Waals surface area contributed by atoms with Gasteiger partial charge in [0.2, 0.25) is 5.91 Å². The topological polar surface area (TPSA) is 38.3 Å². The summed E-state index contributed by atoms with van der Waals surface area (Å²) in [6.45, 7) is 2.62. The molecule has 0 bridgehead atoms. The number of amides is 1. The Bertz CT molecular complexity index is 408. The summed E-state index contributed by atoms with van der Waals surface area (Å²) < 4.78 is 5.38. The highest BCUT2D eigenvalue weighted by Gasteiger charge is 2.14. The quantitative estimate of drug-likeness (QED) is 0.836. The van der Waals surface area contributed by atoms with Gasteiger partial charge in [-0.3, -0.25) is 4.79 Å². The van der Waals surface area contributed by atoms with Gasteiger partial charge in [-0.05, 0) is 43.5 Å². The Morgan fingerprint density at radius 3 is 2.55 bits per heavy atom. The van der Waals surface area contributed by atoms with Crippen LogP contribution >= 0.6 is 0 Å². The Hall–Kier alpha value is -1.51. The highest BCUT2D eigenvalue weighted by molar-refractivity contribution is 5.90. The maximum Gasteiger partial charge on any atom is 0.224 e. The van der Waals surface area contributed by atoms with Crippen LogP contribution in [-0.4, -0.2) is 12.5 Å². The van der Waals surface area contributed by atoms with Crippen molar-refractivity contribution in [3.05, 3.63) is 24.3 Å². The fraction of sp³-hybridized carbons (Fsp3) is 0.588. The molecule has 1 fully saturated rings. The summed E-state index contributed by atoms with van der Waals surface area (Å²) in [5.41, 5.74) is 0.849. The summed E-state index contributed by atoms with van der Waals surface area (Å²) in [6, 6.07) is 7.56. The highest BCUT2D eigenvalue weighted by atomic mass is 16.5. The van der Waals surface area contributed by atoms with Crippen molar-refractivity contribution in [1.82, 2.24) is 0 Å². The van der Waals surface area contributed by atoms with E-state index in [1.165, 1.54) is 32.1 Å². The van der Waals surface area contributed by atoms with E-state index in [4.69, 9.17) is 4.74 Å². The standard InChI is InChI=1S/C17H25NO2/c1-2-20-16-11-9-15(10-12-16)18-17(19)13-8-14-6-4-3-5-7-14/h9-12,14H,2-8,13H2,1H3,(H,18,19). The zero-order chi connectivity index (χ0) is 14.2. The van der Waals surface area contributed by atoms with E-state index in [9.17, 15) is 4.79 Å². The lowest BCUT2D eigenvalue weighted by atomic mass is 9.86. The Labute approximate surface area is 121 Å². The van der Waals surface area contributed by atoms with E-state index in [0.29, 0.717) is 13.0 Å². The fourth-order valence-corrected chi connectivity index (χ4v) is 2.84. The van der Waals surface area contributed by atoms with Crippen molar-refractivity contribution < 1.29 is 9.53 Å². The smallest absolute Gasteiger partial charge is 0.224 e. The van der Waals surface area contributed by atoms with Crippen LogP contribution in [0.25, 0.3) is 0 Å². The molecule has 0 aromatic heterocycles. The summed E-state index contributed by atoms with van der Waals surface area (Å²) in [6.07, 6.45) is 8.32. The summed E-state index contributed by atoms with van der Waals surface area (Å²) in [4.78, 5) is 11.9. The van der Waals surface area contributed by atoms with Crippen molar-refractivity contribution in [2.45, 2.75) is 51.9 Å². The summed E-state index contributed by atoms with van der Waals surface area (Å²) in [7, 11) is 0. The number of benzene rings is 1. The van der Waals surface area contributed by atoms with Crippen LogP contribution in [0.15, 0.2) is 24.3 Å². The van der Waals surface area contributed by atoms with Gasteiger partial charge in [0.05, 0.1) is 6.61 Å². The molecule has 0 saturated heterocycles. The van der Waals surface area contributed by atoms with Crippen LogP contribution in [0.3, 0.4) is 0 Å². The molecule has 1 aromatic rings. The molecule has 1 aliphatic carbocycles. The third-order valence-corrected chi connectivity index (χ3v) is 3.95. The molecular formula is C17H25NO2. The molecule has 1 aromatic carbocycles. The molecule has 3 heteroatoms. The molecule has 20 heavy (non-hydrogen) atoms. The SMILES string of the molecule is CCOc1ccc(NC(=O)CCC2CCCCC2)cc1. The van der Waals surface area contributed by atoms with Gasteiger partial charge in [0.1, 0.15) is 5.75 Å². The molecule has 0 unspecified atom stereocenters. The number of hydrogen-bond donors (Lipinski definition) is 1. The van der Waals surface area contributed by atoms with Gasteiger partial charge in [0, 0.05) is 12.1 Å². The Morgan fingerprint density at radius 2 is 1.90 bits per heavy atom. The maximum absolute atomic E-state index is 11.9. The van der Waals surface area contributed by atoms with Crippen molar-refractivity contribution in [3.8, 4) is 5.75 Å². The summed E-state index contributed by atoms with van der Waals surface area (Å²) in [5.74, 6) is 1.72. The van der Waals surface area contributed by atoms with E-state index in [1.54, 1.807) is 0 Å². The van der Waals surface area contributed by atoms with E-state index < -0.39 is 0 Å². The normalized spacial score (nSPS) is 15.8. The minimum absolute atomic E-state index is 0.125. The van der Waals surface area contributed by atoms with Gasteiger partial charge in [-0.15, -0.1) is 0 Å². The van der Waals surface area contributed by atoms with Gasteiger partial charge in [0.25, 0.3) is 0 Å². The van der Waals surface area contributed by atoms with Gasteiger partial charge >= 0.3 is 0 Å². The number of anilines is 1. The van der Waals surface area contributed by atoms with Crippen LogP contribution in [0.4, 0.5) is 5.69 Å². The number of rotatable bonds is 6. The molecule has 1 aliphatic rings. The Balaban J connectivity index is 1.73. The molecule has 110 valence electrons. The van der Waals surface area contributed by atoms with Crippen LogP contribution in [0, 0.1) is 5.92 Å². The number of hydrogen-bond acceptors (Lipinski definition) is 2. The zero-order valence-electron chi connectivity index (χ0n) is 12.4. The molecular weight excluding hydrogens is 250 g/mol. The monoisotopic (exact) mass is 275 g/mol. The Kier molecular flexibility index (Phi) is 5.90. The van der Waals surface area contributed by atoms with Crippen LogP contribution in [0.5, 0.6) is 5.75 Å². The van der Waals surface area contributed by atoms with Crippen molar-refractivity contribution in [2.75, 3.05) is 11.9 Å². The van der Waals surface area contributed by atoms with E-state index in [2.05, 4.69) is 5.32 Å². The van der Waals surface area contributed by atoms with Crippen molar-refractivity contribution >= 4 is 11.6 Å². The van der Waals surface area contributed by atoms with Gasteiger partial charge in [-0.1, -0.05) is 32.1 Å². The second-order valence-electron chi connectivity index (χ2n) is 5.55. The van der Waals surface area contributed by atoms with Crippen LogP contribution in [0.2, 0.25) is 0 Å². The molecule has 1 amide bonds. The van der Waals surface area contributed by atoms with Gasteiger partial charge in [0.15, 0.2) is 0 Å². The molecule has 1 saturated carbocycles. The molecule has 1 N–H and O–H groups in total. The number of carbonyl (C=O) groups excluding carboxylic acids is 1. The third-order valence-electron chi connectivity index (χ3n) is 3.95. The minimum Gasteiger partial charge on any atom is -0.494 e. The fourth-order valence-electron chi connectivity index (χ4n) is 2.84. The molecule has 0 atom stereocenters. The van der Waals surface area contributed by atoms with E-state index >= 15 is 0 Å². The molecule has 2 rings (SSSR count). The largest absolute Gasteiger partial charge is 0.494 e. The van der Waals surface area contributed by atoms with E-state index in [1.807, 2.05) is 31.2 Å². The molecule has 0 radical (unpaired) electrons. The lowest BCUT2D eigenvalue weighted by Gasteiger charge is -2.21. The average molecular weight is 275 g/mol. The molecule has 0 spiro atoms. The lowest BCUT2D eigenvalue weighted by molar-refractivity contribution is -0.116. The van der Waals surface area contributed by atoms with E-state index in [0.717, 1.165) is 23.8 Å². The number of nitrogens with one attached hydrogen (secondary N) is 1. The lowest BCUT2D eigenvalue weighted by Crippen LogP contribution is -2.14. The first kappa shape index (κ1) is 14.9. The second kappa shape index (κ2) is 7.93. The van der Waals surface area contributed by atoms with Crippen LogP contribution in [0.1, 0.15) is 51.9 Å².